The summed E-state index contributed by atoms with van der Waals surface area (Å²) in [6.07, 6.45) is 0.777. The van der Waals surface area contributed by atoms with E-state index in [0.29, 0.717) is 22.1 Å². The van der Waals surface area contributed by atoms with Crippen LogP contribution in [0.4, 0.5) is 15.8 Å². The Morgan fingerprint density at radius 1 is 1.00 bits per heavy atom. The fraction of sp³-hybridized carbons (Fsp3) is 0.273. The van der Waals surface area contributed by atoms with Crippen LogP contribution in [0.2, 0.25) is 5.02 Å². The number of thiazole rings is 1. The van der Waals surface area contributed by atoms with Crippen molar-refractivity contribution in [1.29, 1.82) is 0 Å². The van der Waals surface area contributed by atoms with Gasteiger partial charge in [-0.3, -0.25) is 24.1 Å². The average molecular weight is 662 g/mol. The molecule has 2 N–H and O–H groups in total. The van der Waals surface area contributed by atoms with E-state index in [1.165, 1.54) is 40.5 Å². The fourth-order valence-corrected chi connectivity index (χ4v) is 10.9. The predicted octanol–water partition coefficient (Wildman–Crippen LogP) is 5.92. The number of halogens is 2. The van der Waals surface area contributed by atoms with Crippen LogP contribution in [0.25, 0.3) is 0 Å². The monoisotopic (exact) mass is 661 g/mol. The lowest BCUT2D eigenvalue weighted by Gasteiger charge is -2.43. The zero-order valence-electron chi connectivity index (χ0n) is 23.4. The first-order valence-electron chi connectivity index (χ1n) is 14.6. The largest absolute Gasteiger partial charge is 0.484 e. The molecule has 45 heavy (non-hydrogen) atoms. The molecule has 2 aliphatic carbocycles. The van der Waals surface area contributed by atoms with E-state index in [-0.39, 0.29) is 58.1 Å². The van der Waals surface area contributed by atoms with Crippen molar-refractivity contribution in [2.75, 3.05) is 16.8 Å². The van der Waals surface area contributed by atoms with Crippen molar-refractivity contribution in [1.82, 2.24) is 4.98 Å². The molecule has 228 valence electrons. The molecule has 8 nitrogen and oxygen atoms in total. The van der Waals surface area contributed by atoms with Gasteiger partial charge in [0.05, 0.1) is 22.5 Å². The van der Waals surface area contributed by atoms with Crippen LogP contribution in [0.3, 0.4) is 0 Å². The first kappa shape index (κ1) is 28.5. The number of carbonyl (C=O) groups excluding carboxylic acids is 3. The third-order valence-electron chi connectivity index (χ3n) is 9.52. The maximum absolute atomic E-state index is 13.9. The quantitative estimate of drug-likeness (QED) is 0.248. The number of thioether (sulfide) groups is 1. The number of fused-ring (bicyclic) bond motifs is 9. The molecule has 0 spiro atoms. The smallest absolute Gasteiger partial charge is 0.305 e. The fourth-order valence-electron chi connectivity index (χ4n) is 7.91. The number of rotatable bonds is 6. The number of aromatic nitrogens is 1. The minimum Gasteiger partial charge on any atom is -0.484 e. The molecule has 3 aromatic carbocycles. The summed E-state index contributed by atoms with van der Waals surface area (Å²) in [4.78, 5) is 58.0. The van der Waals surface area contributed by atoms with Crippen LogP contribution in [0.5, 0.6) is 5.75 Å². The van der Waals surface area contributed by atoms with E-state index in [1.54, 1.807) is 42.1 Å². The van der Waals surface area contributed by atoms with Crippen molar-refractivity contribution in [3.8, 4) is 5.75 Å². The lowest BCUT2D eigenvalue weighted by atomic mass is 9.68. The Labute approximate surface area is 269 Å². The first-order valence-corrected chi connectivity index (χ1v) is 16.7. The molecule has 1 aromatic heterocycles. The normalized spacial score (nSPS) is 27.7. The molecule has 1 saturated heterocycles. The zero-order chi connectivity index (χ0) is 31.0. The van der Waals surface area contributed by atoms with Gasteiger partial charge in [-0.15, -0.1) is 11.8 Å². The molecule has 3 heterocycles. The SMILES string of the molecule is O=C(COc1cccc([C@H]2c3sc(=O)[nH]c3SC3C2[C@H]2C[C@@H]3C3C(=O)N(c4ccc(Cl)cc4)C(=O)C32)c1)Nc1ccc(F)cc1. The number of amides is 3. The molecule has 2 saturated carbocycles. The maximum Gasteiger partial charge on any atom is 0.305 e. The third-order valence-corrected chi connectivity index (χ3v) is 12.4. The third kappa shape index (κ3) is 4.71. The maximum atomic E-state index is 13.9. The van der Waals surface area contributed by atoms with Crippen molar-refractivity contribution in [2.24, 2.45) is 29.6 Å². The summed E-state index contributed by atoms with van der Waals surface area (Å²) in [5, 5.41) is 4.08. The minimum atomic E-state index is -0.422. The van der Waals surface area contributed by atoms with Crippen molar-refractivity contribution >= 4 is 63.8 Å². The number of hydrogen-bond donors (Lipinski definition) is 2. The summed E-state index contributed by atoms with van der Waals surface area (Å²) in [5.41, 5.74) is 1.92. The highest BCUT2D eigenvalue weighted by molar-refractivity contribution is 8.00. The van der Waals surface area contributed by atoms with E-state index >= 15 is 0 Å². The van der Waals surface area contributed by atoms with Gasteiger partial charge in [-0.1, -0.05) is 35.1 Å². The van der Waals surface area contributed by atoms with Crippen LogP contribution in [-0.4, -0.2) is 34.6 Å². The van der Waals surface area contributed by atoms with Crippen LogP contribution < -0.4 is 19.8 Å². The molecule has 4 aromatic rings. The van der Waals surface area contributed by atoms with Gasteiger partial charge in [0, 0.05) is 26.8 Å². The molecule has 4 unspecified atom stereocenters. The topological polar surface area (TPSA) is 109 Å². The van der Waals surface area contributed by atoms with Gasteiger partial charge < -0.3 is 15.0 Å². The molecule has 2 bridgehead atoms. The van der Waals surface area contributed by atoms with Crippen LogP contribution in [0, 0.1) is 35.4 Å². The van der Waals surface area contributed by atoms with E-state index in [4.69, 9.17) is 16.3 Å². The molecule has 0 radical (unpaired) electrons. The lowest BCUT2D eigenvalue weighted by Crippen LogP contribution is -2.42. The Kier molecular flexibility index (Phi) is 6.88. The summed E-state index contributed by atoms with van der Waals surface area (Å²) in [6.45, 7) is -0.248. The summed E-state index contributed by atoms with van der Waals surface area (Å²) in [7, 11) is 0. The van der Waals surface area contributed by atoms with Crippen molar-refractivity contribution < 1.29 is 23.5 Å². The van der Waals surface area contributed by atoms with E-state index < -0.39 is 17.7 Å². The number of imide groups is 1. The minimum absolute atomic E-state index is 0.00241. The summed E-state index contributed by atoms with van der Waals surface area (Å²) in [5.74, 6) is -1.63. The molecule has 2 aliphatic heterocycles. The summed E-state index contributed by atoms with van der Waals surface area (Å²) >= 11 is 8.88. The lowest BCUT2D eigenvalue weighted by molar-refractivity contribution is -0.123. The van der Waals surface area contributed by atoms with E-state index in [9.17, 15) is 23.6 Å². The van der Waals surface area contributed by atoms with Gasteiger partial charge in [0.2, 0.25) is 11.8 Å². The number of nitrogens with one attached hydrogen (secondary N) is 2. The Morgan fingerprint density at radius 2 is 1.73 bits per heavy atom. The van der Waals surface area contributed by atoms with Crippen LogP contribution in [-0.2, 0) is 14.4 Å². The van der Waals surface area contributed by atoms with Gasteiger partial charge in [0.25, 0.3) is 5.91 Å². The molecule has 3 fully saturated rings. The van der Waals surface area contributed by atoms with E-state index in [0.717, 1.165) is 21.9 Å². The van der Waals surface area contributed by atoms with Crippen LogP contribution in [0.15, 0.2) is 82.6 Å². The van der Waals surface area contributed by atoms with Crippen molar-refractivity contribution in [3.05, 3.63) is 104 Å². The first-order chi connectivity index (χ1) is 21.8. The molecular formula is C33H25ClFN3O5S2. The number of hydrogen-bond acceptors (Lipinski definition) is 7. The molecule has 3 amide bonds. The summed E-state index contributed by atoms with van der Waals surface area (Å²) in [6, 6.07) is 19.8. The highest BCUT2D eigenvalue weighted by atomic mass is 35.5. The predicted molar refractivity (Wildman–Crippen MR) is 169 cm³/mol. The standard InChI is InChI=1S/C33H25ClFN3O5S2/c34-16-4-10-19(11-5-16)38-31(40)26-21-13-22(27(26)32(38)41)28-25(21)24(29-30(44-28)37-33(42)45-29)15-2-1-3-20(12-15)43-14-23(39)36-18-8-6-17(35)7-9-18/h1-12,21-22,24-28H,13-14H2,(H,36,39)(H,37,42)/t21-,22-,24-,25?,26?,27?,28?/m1/s1. The van der Waals surface area contributed by atoms with Gasteiger partial charge in [-0.2, -0.15) is 0 Å². The van der Waals surface area contributed by atoms with E-state index in [1.807, 2.05) is 18.2 Å². The second-order valence-electron chi connectivity index (χ2n) is 11.9. The number of carbonyl (C=O) groups is 3. The number of ether oxygens (including phenoxy) is 1. The second kappa shape index (κ2) is 10.9. The number of aromatic amines is 1. The van der Waals surface area contributed by atoms with Gasteiger partial charge >= 0.3 is 4.87 Å². The molecule has 8 rings (SSSR count). The Bertz CT molecular complexity index is 1910. The van der Waals surface area contributed by atoms with Crippen LogP contribution in [0.1, 0.15) is 22.8 Å². The molecule has 12 heteroatoms. The zero-order valence-corrected chi connectivity index (χ0v) is 25.8. The van der Waals surface area contributed by atoms with Gasteiger partial charge in [0.15, 0.2) is 6.61 Å². The highest BCUT2D eigenvalue weighted by Gasteiger charge is 2.69. The molecular weight excluding hydrogens is 637 g/mol. The number of anilines is 2. The molecule has 7 atom stereocenters. The highest BCUT2D eigenvalue weighted by Crippen LogP contribution is 2.68. The van der Waals surface area contributed by atoms with Gasteiger partial charge in [-0.25, -0.2) is 4.39 Å². The van der Waals surface area contributed by atoms with Crippen LogP contribution >= 0.6 is 34.7 Å². The average Bonchev–Trinajstić information content (AvgIpc) is 3.77. The second-order valence-corrected chi connectivity index (χ2v) is 14.5. The Balaban J connectivity index is 1.08. The Hall–Kier alpha value is -3.93. The number of nitrogens with zero attached hydrogens (tertiary/aromatic N) is 1. The summed E-state index contributed by atoms with van der Waals surface area (Å²) < 4.78 is 19.1. The van der Waals surface area contributed by atoms with Crippen molar-refractivity contribution in [2.45, 2.75) is 22.6 Å². The van der Waals surface area contributed by atoms with Gasteiger partial charge in [-0.05, 0) is 90.4 Å². The Morgan fingerprint density at radius 3 is 2.49 bits per heavy atom. The number of benzene rings is 3. The van der Waals surface area contributed by atoms with E-state index in [2.05, 4.69) is 10.3 Å². The molecule has 4 aliphatic rings. The van der Waals surface area contributed by atoms with Crippen molar-refractivity contribution in [3.63, 3.8) is 0 Å². The van der Waals surface area contributed by atoms with Gasteiger partial charge in [0.1, 0.15) is 11.6 Å². The number of H-pyrrole nitrogens is 1.